The Bertz CT molecular complexity index is 181. The molecule has 0 N–H and O–H groups in total. The van der Waals surface area contributed by atoms with E-state index in [0.717, 1.165) is 19.3 Å². The molecule has 74 valence electrons. The van der Waals surface area contributed by atoms with Gasteiger partial charge in [0.15, 0.2) is 0 Å². The Labute approximate surface area is 80.3 Å². The minimum Gasteiger partial charge on any atom is -0.462 e. The van der Waals surface area contributed by atoms with E-state index in [1.54, 1.807) is 0 Å². The molecule has 0 unspecified atom stereocenters. The highest BCUT2D eigenvalue weighted by molar-refractivity contribution is 5.65. The minimum atomic E-state index is -0.226. The van der Waals surface area contributed by atoms with Crippen molar-refractivity contribution in [3.8, 4) is 0 Å². The van der Waals surface area contributed by atoms with Gasteiger partial charge < -0.3 is 4.74 Å². The smallest absolute Gasteiger partial charge is 0.302 e. The molecule has 0 aromatic carbocycles. The monoisotopic (exact) mass is 182 g/mol. The highest BCUT2D eigenvalue weighted by atomic mass is 16.5. The van der Waals surface area contributed by atoms with E-state index in [1.807, 2.05) is 12.2 Å². The Morgan fingerprint density at radius 3 is 2.31 bits per heavy atom. The first-order chi connectivity index (χ1) is 6.27. The van der Waals surface area contributed by atoms with Crippen LogP contribution < -0.4 is 0 Å². The van der Waals surface area contributed by atoms with Crippen LogP contribution in [0.1, 0.15) is 33.1 Å². The van der Waals surface area contributed by atoms with E-state index < -0.39 is 0 Å². The molecule has 0 saturated carbocycles. The number of esters is 1. The van der Waals surface area contributed by atoms with Crippen molar-refractivity contribution in [1.29, 1.82) is 0 Å². The second kappa shape index (κ2) is 9.04. The summed E-state index contributed by atoms with van der Waals surface area (Å²) in [4.78, 5) is 10.4. The lowest BCUT2D eigenvalue weighted by atomic mass is 10.2. The second-order valence-corrected chi connectivity index (χ2v) is 2.73. The van der Waals surface area contributed by atoms with Crippen molar-refractivity contribution in [2.75, 3.05) is 6.61 Å². The quantitative estimate of drug-likeness (QED) is 0.358. The Kier molecular flexibility index (Phi) is 8.31. The van der Waals surface area contributed by atoms with E-state index in [9.17, 15) is 4.79 Å². The van der Waals surface area contributed by atoms with E-state index in [0.29, 0.717) is 6.61 Å². The fourth-order valence-electron chi connectivity index (χ4n) is 0.828. The molecule has 0 rings (SSSR count). The van der Waals surface area contributed by atoms with Crippen molar-refractivity contribution in [2.45, 2.75) is 33.1 Å². The number of ether oxygens (including phenoxy) is 1. The largest absolute Gasteiger partial charge is 0.462 e. The van der Waals surface area contributed by atoms with E-state index >= 15 is 0 Å². The van der Waals surface area contributed by atoms with E-state index in [-0.39, 0.29) is 5.97 Å². The highest BCUT2D eigenvalue weighted by Crippen LogP contribution is 1.94. The number of allylic oxidation sites excluding steroid dienone is 3. The molecule has 0 aromatic rings. The van der Waals surface area contributed by atoms with Gasteiger partial charge in [-0.3, -0.25) is 4.79 Å². The average Bonchev–Trinajstić information content (AvgIpc) is 2.09. The zero-order chi connectivity index (χ0) is 9.94. The van der Waals surface area contributed by atoms with E-state index in [4.69, 9.17) is 4.74 Å². The van der Waals surface area contributed by atoms with Crippen LogP contribution >= 0.6 is 0 Å². The number of carbonyl (C=O) groups is 1. The van der Waals surface area contributed by atoms with Gasteiger partial charge in [0.05, 0.1) is 0 Å². The van der Waals surface area contributed by atoms with Crippen LogP contribution in [0, 0.1) is 0 Å². The van der Waals surface area contributed by atoms with Crippen molar-refractivity contribution in [3.63, 3.8) is 0 Å². The van der Waals surface area contributed by atoms with Crippen LogP contribution in [0.5, 0.6) is 0 Å². The van der Waals surface area contributed by atoms with Gasteiger partial charge in [-0.2, -0.15) is 0 Å². The lowest BCUT2D eigenvalue weighted by Gasteiger charge is -1.93. The fraction of sp³-hybridized carbons (Fsp3) is 0.545. The third-order valence-electron chi connectivity index (χ3n) is 1.45. The summed E-state index contributed by atoms with van der Waals surface area (Å²) in [6.45, 7) is 3.93. The zero-order valence-corrected chi connectivity index (χ0v) is 8.45. The summed E-state index contributed by atoms with van der Waals surface area (Å²) in [6, 6.07) is 0. The Hall–Kier alpha value is -1.05. The van der Waals surface area contributed by atoms with Crippen molar-refractivity contribution in [1.82, 2.24) is 0 Å². The molecule has 0 radical (unpaired) electrons. The Morgan fingerprint density at radius 2 is 1.77 bits per heavy atom. The van der Waals surface area contributed by atoms with Crippen LogP contribution in [0.4, 0.5) is 0 Å². The molecule has 0 atom stereocenters. The van der Waals surface area contributed by atoms with Crippen LogP contribution in [0.25, 0.3) is 0 Å². The number of rotatable bonds is 6. The first-order valence-corrected chi connectivity index (χ1v) is 4.70. The second-order valence-electron chi connectivity index (χ2n) is 2.73. The maximum absolute atomic E-state index is 10.4. The van der Waals surface area contributed by atoms with Crippen LogP contribution in [-0.4, -0.2) is 12.6 Å². The summed E-state index contributed by atoms with van der Waals surface area (Å²) in [5.74, 6) is -0.226. The lowest BCUT2D eigenvalue weighted by molar-refractivity contribution is -0.139. The Morgan fingerprint density at radius 1 is 1.15 bits per heavy atom. The predicted molar refractivity (Wildman–Crippen MR) is 54.4 cm³/mol. The number of hydrogen-bond acceptors (Lipinski definition) is 2. The number of hydrogen-bond donors (Lipinski definition) is 0. The number of unbranched alkanes of at least 4 members (excludes halogenated alkanes) is 1. The molecule has 0 aliphatic rings. The van der Waals surface area contributed by atoms with Gasteiger partial charge in [0, 0.05) is 6.92 Å². The summed E-state index contributed by atoms with van der Waals surface area (Å²) in [5, 5.41) is 0. The normalized spacial score (nSPS) is 11.2. The molecule has 0 saturated heterocycles. The van der Waals surface area contributed by atoms with E-state index in [2.05, 4.69) is 19.1 Å². The first-order valence-electron chi connectivity index (χ1n) is 4.70. The van der Waals surface area contributed by atoms with Crippen LogP contribution in [0.15, 0.2) is 24.3 Å². The molecule has 2 nitrogen and oxygen atoms in total. The van der Waals surface area contributed by atoms with Gasteiger partial charge >= 0.3 is 5.97 Å². The standard InChI is InChI=1S/C11H18O2/c1-3-4-5-6-7-8-9-10-13-11(2)12/h4-5,8-9H,3,6-7,10H2,1-2H3/b5-4-,9-8+. The molecule has 0 bridgehead atoms. The van der Waals surface area contributed by atoms with Gasteiger partial charge in [0.25, 0.3) is 0 Å². The predicted octanol–water partition coefficient (Wildman–Crippen LogP) is 2.85. The maximum Gasteiger partial charge on any atom is 0.302 e. The van der Waals surface area contributed by atoms with Crippen molar-refractivity contribution in [2.24, 2.45) is 0 Å². The van der Waals surface area contributed by atoms with Gasteiger partial charge in [0.2, 0.25) is 0 Å². The molecular formula is C11H18O2. The van der Waals surface area contributed by atoms with Gasteiger partial charge in [-0.1, -0.05) is 31.2 Å². The summed E-state index contributed by atoms with van der Waals surface area (Å²) in [6.07, 6.45) is 11.4. The fourth-order valence-corrected chi connectivity index (χ4v) is 0.828. The molecule has 0 aromatic heterocycles. The van der Waals surface area contributed by atoms with Crippen LogP contribution in [-0.2, 0) is 9.53 Å². The summed E-state index contributed by atoms with van der Waals surface area (Å²) < 4.78 is 4.73. The van der Waals surface area contributed by atoms with Crippen molar-refractivity contribution < 1.29 is 9.53 Å². The average molecular weight is 182 g/mol. The van der Waals surface area contributed by atoms with Gasteiger partial charge in [-0.15, -0.1) is 0 Å². The Balaban J connectivity index is 3.22. The van der Waals surface area contributed by atoms with Gasteiger partial charge in [0.1, 0.15) is 6.61 Å². The minimum absolute atomic E-state index is 0.226. The molecule has 0 fully saturated rings. The molecular weight excluding hydrogens is 164 g/mol. The summed E-state index contributed by atoms with van der Waals surface area (Å²) >= 11 is 0. The van der Waals surface area contributed by atoms with Crippen molar-refractivity contribution >= 4 is 5.97 Å². The maximum atomic E-state index is 10.4. The molecule has 0 aliphatic heterocycles. The van der Waals surface area contributed by atoms with Gasteiger partial charge in [-0.25, -0.2) is 0 Å². The SMILES string of the molecule is CC/C=C\CC/C=C/COC(C)=O. The lowest BCUT2D eigenvalue weighted by Crippen LogP contribution is -1.97. The van der Waals surface area contributed by atoms with Crippen LogP contribution in [0.3, 0.4) is 0 Å². The van der Waals surface area contributed by atoms with E-state index in [1.165, 1.54) is 6.92 Å². The van der Waals surface area contributed by atoms with Crippen LogP contribution in [0.2, 0.25) is 0 Å². The number of carbonyl (C=O) groups excluding carboxylic acids is 1. The topological polar surface area (TPSA) is 26.3 Å². The molecule has 0 amide bonds. The zero-order valence-electron chi connectivity index (χ0n) is 8.45. The first kappa shape index (κ1) is 11.9. The molecule has 0 spiro atoms. The summed E-state index contributed by atoms with van der Waals surface area (Å²) in [7, 11) is 0. The van der Waals surface area contributed by atoms with Crippen molar-refractivity contribution in [3.05, 3.63) is 24.3 Å². The molecule has 2 heteroatoms. The third-order valence-corrected chi connectivity index (χ3v) is 1.45. The summed E-state index contributed by atoms with van der Waals surface area (Å²) in [5.41, 5.74) is 0. The van der Waals surface area contributed by atoms with Gasteiger partial charge in [-0.05, 0) is 19.3 Å². The third kappa shape index (κ3) is 10.9. The molecule has 0 aliphatic carbocycles. The highest BCUT2D eigenvalue weighted by Gasteiger charge is 1.85. The molecule has 0 heterocycles. The molecule has 13 heavy (non-hydrogen) atoms.